The molecule has 1 aliphatic rings. The second kappa shape index (κ2) is 5.27. The van der Waals surface area contributed by atoms with Crippen LogP contribution < -0.4 is 4.90 Å². The Kier molecular flexibility index (Phi) is 3.91. The van der Waals surface area contributed by atoms with Gasteiger partial charge in [-0.15, -0.1) is 0 Å². The van der Waals surface area contributed by atoms with Gasteiger partial charge >= 0.3 is 0 Å². The van der Waals surface area contributed by atoms with E-state index in [1.54, 1.807) is 0 Å². The summed E-state index contributed by atoms with van der Waals surface area (Å²) in [6.45, 7) is 14.6. The van der Waals surface area contributed by atoms with E-state index in [9.17, 15) is 0 Å². The summed E-state index contributed by atoms with van der Waals surface area (Å²) >= 11 is 0. The Labute approximate surface area is 111 Å². The first-order valence-corrected chi connectivity index (χ1v) is 6.94. The molecule has 0 aromatic carbocycles. The van der Waals surface area contributed by atoms with Gasteiger partial charge in [0.1, 0.15) is 0 Å². The van der Waals surface area contributed by atoms with Crippen LogP contribution in [0, 0.1) is 0 Å². The van der Waals surface area contributed by atoms with E-state index in [0.29, 0.717) is 0 Å². The molecular weight excluding hydrogens is 222 g/mol. The van der Waals surface area contributed by atoms with Crippen LogP contribution in [0.5, 0.6) is 0 Å². The highest BCUT2D eigenvalue weighted by atomic mass is 15.3. The smallest absolute Gasteiger partial charge is 0.0477 e. The van der Waals surface area contributed by atoms with Crippen molar-refractivity contribution < 1.29 is 0 Å². The molecule has 0 amide bonds. The first-order chi connectivity index (χ1) is 8.50. The topological polar surface area (TPSA) is 19.4 Å². The molecule has 0 saturated carbocycles. The predicted molar refractivity (Wildman–Crippen MR) is 77.3 cm³/mol. The van der Waals surface area contributed by atoms with E-state index < -0.39 is 0 Å². The van der Waals surface area contributed by atoms with Crippen LogP contribution in [0.3, 0.4) is 0 Å². The van der Waals surface area contributed by atoms with E-state index in [-0.39, 0.29) is 5.41 Å². The molecule has 1 aliphatic heterocycles. The van der Waals surface area contributed by atoms with Crippen LogP contribution in [0.25, 0.3) is 0 Å². The molecule has 0 spiro atoms. The predicted octanol–water partition coefficient (Wildman–Crippen LogP) is 2.52. The molecule has 2 rings (SSSR count). The van der Waals surface area contributed by atoms with Crippen molar-refractivity contribution in [2.75, 3.05) is 37.6 Å². The fraction of sp³-hybridized carbons (Fsp3) is 0.667. The number of hydrogen-bond donors (Lipinski definition) is 0. The molecule has 1 aromatic rings. The van der Waals surface area contributed by atoms with E-state index in [2.05, 4.69) is 54.6 Å². The first-order valence-electron chi connectivity index (χ1n) is 6.94. The third-order valence-corrected chi connectivity index (χ3v) is 3.70. The normalized spacial score (nSPS) is 18.1. The molecule has 0 atom stereocenters. The number of nitrogens with zero attached hydrogens (tertiary/aromatic N) is 3. The van der Waals surface area contributed by atoms with E-state index >= 15 is 0 Å². The van der Waals surface area contributed by atoms with Crippen LogP contribution in [0.15, 0.2) is 18.3 Å². The highest BCUT2D eigenvalue weighted by Gasteiger charge is 2.19. The molecule has 0 radical (unpaired) electrons. The van der Waals surface area contributed by atoms with Gasteiger partial charge in [0.2, 0.25) is 0 Å². The second-order valence-electron chi connectivity index (χ2n) is 6.07. The summed E-state index contributed by atoms with van der Waals surface area (Å²) in [5, 5.41) is 0. The van der Waals surface area contributed by atoms with Crippen molar-refractivity contribution in [1.29, 1.82) is 0 Å². The van der Waals surface area contributed by atoms with Gasteiger partial charge in [0.05, 0.1) is 0 Å². The minimum absolute atomic E-state index is 0.126. The van der Waals surface area contributed by atoms with E-state index in [0.717, 1.165) is 19.6 Å². The Morgan fingerprint density at radius 1 is 1.17 bits per heavy atom. The Bertz CT molecular complexity index is 387. The summed E-state index contributed by atoms with van der Waals surface area (Å²) in [6, 6.07) is 4.39. The standard InChI is InChI=1S/C15H25N3/c1-5-17-8-10-18(11-9-17)13-6-7-16-14(12-13)15(2,3)4/h6-7,12H,5,8-11H2,1-4H3. The molecule has 3 heteroatoms. The SMILES string of the molecule is CCN1CCN(c2ccnc(C(C)(C)C)c2)CC1. The monoisotopic (exact) mass is 247 g/mol. The molecule has 3 nitrogen and oxygen atoms in total. The largest absolute Gasteiger partial charge is 0.369 e. The molecule has 0 N–H and O–H groups in total. The molecule has 18 heavy (non-hydrogen) atoms. The number of likely N-dealkylation sites (N-methyl/N-ethyl adjacent to an activating group) is 1. The van der Waals surface area contributed by atoms with Gasteiger partial charge in [-0.05, 0) is 18.7 Å². The number of rotatable bonds is 2. The van der Waals surface area contributed by atoms with Crippen LogP contribution in [-0.4, -0.2) is 42.6 Å². The van der Waals surface area contributed by atoms with Crippen LogP contribution in [0.2, 0.25) is 0 Å². The lowest BCUT2D eigenvalue weighted by atomic mass is 9.91. The number of anilines is 1. The zero-order valence-electron chi connectivity index (χ0n) is 12.1. The maximum absolute atomic E-state index is 4.50. The van der Waals surface area contributed by atoms with Crippen molar-refractivity contribution in [1.82, 2.24) is 9.88 Å². The van der Waals surface area contributed by atoms with Gasteiger partial charge in [0.25, 0.3) is 0 Å². The lowest BCUT2D eigenvalue weighted by Crippen LogP contribution is -2.46. The summed E-state index contributed by atoms with van der Waals surface area (Å²) in [5.41, 5.74) is 2.63. The van der Waals surface area contributed by atoms with Gasteiger partial charge in [-0.3, -0.25) is 4.98 Å². The van der Waals surface area contributed by atoms with Crippen molar-refractivity contribution in [2.45, 2.75) is 33.1 Å². The van der Waals surface area contributed by atoms with E-state index in [4.69, 9.17) is 0 Å². The fourth-order valence-corrected chi connectivity index (χ4v) is 2.35. The highest BCUT2D eigenvalue weighted by Crippen LogP contribution is 2.24. The Hall–Kier alpha value is -1.09. The molecule has 0 aliphatic carbocycles. The number of aromatic nitrogens is 1. The van der Waals surface area contributed by atoms with E-state index in [1.807, 2.05) is 6.20 Å². The minimum Gasteiger partial charge on any atom is -0.369 e. The minimum atomic E-state index is 0.126. The van der Waals surface area contributed by atoms with Crippen molar-refractivity contribution in [2.24, 2.45) is 0 Å². The number of hydrogen-bond acceptors (Lipinski definition) is 3. The van der Waals surface area contributed by atoms with Crippen molar-refractivity contribution in [3.8, 4) is 0 Å². The fourth-order valence-electron chi connectivity index (χ4n) is 2.35. The number of pyridine rings is 1. The summed E-state index contributed by atoms with van der Waals surface area (Å²) in [7, 11) is 0. The molecule has 0 bridgehead atoms. The highest BCUT2D eigenvalue weighted by molar-refractivity contribution is 5.48. The Morgan fingerprint density at radius 2 is 1.83 bits per heavy atom. The van der Waals surface area contributed by atoms with E-state index in [1.165, 1.54) is 24.5 Å². The Balaban J connectivity index is 2.10. The van der Waals surface area contributed by atoms with Gasteiger partial charge in [-0.2, -0.15) is 0 Å². The quantitative estimate of drug-likeness (QED) is 0.800. The zero-order chi connectivity index (χ0) is 13.2. The average Bonchev–Trinajstić information content (AvgIpc) is 2.38. The maximum Gasteiger partial charge on any atom is 0.0477 e. The third kappa shape index (κ3) is 3.02. The average molecular weight is 247 g/mol. The second-order valence-corrected chi connectivity index (χ2v) is 6.07. The molecule has 1 fully saturated rings. The first kappa shape index (κ1) is 13.3. The van der Waals surface area contributed by atoms with Crippen LogP contribution in [0.1, 0.15) is 33.4 Å². The molecule has 100 valence electrons. The Morgan fingerprint density at radius 3 is 2.39 bits per heavy atom. The third-order valence-electron chi connectivity index (χ3n) is 3.70. The molecular formula is C15H25N3. The molecule has 1 aromatic heterocycles. The van der Waals surface area contributed by atoms with Crippen LogP contribution in [-0.2, 0) is 5.41 Å². The molecule has 2 heterocycles. The van der Waals surface area contributed by atoms with Gasteiger partial charge in [-0.25, -0.2) is 0 Å². The lowest BCUT2D eigenvalue weighted by molar-refractivity contribution is 0.271. The summed E-state index contributed by atoms with van der Waals surface area (Å²) in [6.07, 6.45) is 1.95. The number of piperazine rings is 1. The zero-order valence-corrected chi connectivity index (χ0v) is 12.1. The summed E-state index contributed by atoms with van der Waals surface area (Å²) < 4.78 is 0. The van der Waals surface area contributed by atoms with Crippen molar-refractivity contribution in [3.63, 3.8) is 0 Å². The molecule has 1 saturated heterocycles. The molecule has 0 unspecified atom stereocenters. The van der Waals surface area contributed by atoms with Crippen molar-refractivity contribution >= 4 is 5.69 Å². The van der Waals surface area contributed by atoms with Crippen molar-refractivity contribution in [3.05, 3.63) is 24.0 Å². The summed E-state index contributed by atoms with van der Waals surface area (Å²) in [5.74, 6) is 0. The van der Waals surface area contributed by atoms with Gasteiger partial charge in [0.15, 0.2) is 0 Å². The van der Waals surface area contributed by atoms with Gasteiger partial charge < -0.3 is 9.80 Å². The lowest BCUT2D eigenvalue weighted by Gasteiger charge is -2.36. The van der Waals surface area contributed by atoms with Gasteiger partial charge in [-0.1, -0.05) is 27.7 Å². The maximum atomic E-state index is 4.50. The van der Waals surface area contributed by atoms with Gasteiger partial charge in [0, 0.05) is 49.2 Å². The van der Waals surface area contributed by atoms with Crippen LogP contribution in [0.4, 0.5) is 5.69 Å². The van der Waals surface area contributed by atoms with Crippen LogP contribution >= 0.6 is 0 Å². The summed E-state index contributed by atoms with van der Waals surface area (Å²) in [4.78, 5) is 9.48.